The maximum absolute atomic E-state index is 14.0. The molecule has 0 radical (unpaired) electrons. The molecule has 4 aromatic rings. The van der Waals surface area contributed by atoms with Crippen LogP contribution in [0.4, 0.5) is 21.5 Å². The zero-order valence-electron chi connectivity index (χ0n) is 26.4. The molecule has 4 aliphatic rings. The molecule has 2 N–H and O–H groups in total. The molecule has 3 aromatic carbocycles. The lowest BCUT2D eigenvalue weighted by molar-refractivity contribution is -0.384. The largest absolute Gasteiger partial charge is 0.490 e. The van der Waals surface area contributed by atoms with E-state index in [0.29, 0.717) is 35.9 Å². The predicted molar refractivity (Wildman–Crippen MR) is 182 cm³/mol. The Morgan fingerprint density at radius 2 is 1.72 bits per heavy atom. The number of H-pyrrole nitrogens is 1. The van der Waals surface area contributed by atoms with Gasteiger partial charge >= 0.3 is 4.87 Å². The predicted octanol–water partition coefficient (Wildman–Crippen LogP) is 5.58. The number of nitrogens with zero attached hydrogens (tertiary/aromatic N) is 2. The van der Waals surface area contributed by atoms with Gasteiger partial charge in [0.15, 0.2) is 18.1 Å². The summed E-state index contributed by atoms with van der Waals surface area (Å²) in [7, 11) is 0. The Morgan fingerprint density at radius 3 is 2.42 bits per heavy atom. The molecule has 1 saturated heterocycles. The third-order valence-corrected chi connectivity index (χ3v) is 12.7. The molecule has 3 heterocycles. The van der Waals surface area contributed by atoms with E-state index in [4.69, 9.17) is 9.47 Å². The van der Waals surface area contributed by atoms with Gasteiger partial charge < -0.3 is 19.8 Å². The molecule has 4 unspecified atom stereocenters. The minimum Gasteiger partial charge on any atom is -0.490 e. The molecule has 2 saturated carbocycles. The number of anilines is 2. The lowest BCUT2D eigenvalue weighted by Crippen LogP contribution is -2.42. The molecule has 3 amide bonds. The standard InChI is InChI=1S/C35H29FN4O8S2/c1-2-47-24-13-16(3-12-23(24)48-15-25(41)37-18-6-4-17(36)5-7-18)26-27-21-14-22(30(27)49-32-31(26)50-35(44)38-32)29-28(21)33(42)39(34(29)43)19-8-10-20(11-9-19)40(45)46/h3-13,21-22,26-30H,2,14-15H2,1H3,(H,37,41)(H,38,44)/t21-,22-,26-,27?,28?,29?,30?/m1/s1. The molecule has 7 atom stereocenters. The van der Waals surface area contributed by atoms with Gasteiger partial charge in [-0.05, 0) is 85.2 Å². The number of halogens is 1. The summed E-state index contributed by atoms with van der Waals surface area (Å²) >= 11 is 2.71. The van der Waals surface area contributed by atoms with Gasteiger partial charge in [0, 0.05) is 33.9 Å². The Kier molecular flexibility index (Phi) is 7.98. The molecule has 2 aliphatic heterocycles. The number of non-ortho nitro benzene ring substituents is 1. The Balaban J connectivity index is 1.09. The number of nitro benzene ring substituents is 1. The number of fused-ring (bicyclic) bond motifs is 9. The van der Waals surface area contributed by atoms with Crippen LogP contribution in [0.5, 0.6) is 11.5 Å². The first-order chi connectivity index (χ1) is 24.1. The summed E-state index contributed by atoms with van der Waals surface area (Å²) < 4.78 is 25.1. The van der Waals surface area contributed by atoms with Crippen molar-refractivity contribution in [2.45, 2.75) is 29.5 Å². The fourth-order valence-corrected chi connectivity index (χ4v) is 11.2. The van der Waals surface area contributed by atoms with Gasteiger partial charge in [-0.25, -0.2) is 4.39 Å². The van der Waals surface area contributed by atoms with Gasteiger partial charge in [-0.3, -0.25) is 34.2 Å². The first kappa shape index (κ1) is 32.2. The van der Waals surface area contributed by atoms with Crippen LogP contribution in [0.1, 0.15) is 29.7 Å². The Morgan fingerprint density at radius 1 is 1.00 bits per heavy atom. The highest BCUT2D eigenvalue weighted by Crippen LogP contribution is 2.68. The van der Waals surface area contributed by atoms with Gasteiger partial charge in [-0.2, -0.15) is 0 Å². The number of carbonyl (C=O) groups excluding carboxylic acids is 3. The van der Waals surface area contributed by atoms with Crippen LogP contribution in [0.15, 0.2) is 76.6 Å². The fraction of sp³-hybridized carbons (Fsp3) is 0.314. The van der Waals surface area contributed by atoms with Crippen LogP contribution in [0, 0.1) is 45.5 Å². The zero-order chi connectivity index (χ0) is 34.8. The topological polar surface area (TPSA) is 161 Å². The number of aromatic nitrogens is 1. The fourth-order valence-electron chi connectivity index (χ4n) is 8.35. The van der Waals surface area contributed by atoms with Gasteiger partial charge in [0.2, 0.25) is 11.8 Å². The third-order valence-electron chi connectivity index (χ3n) is 10.2. The Hall–Kier alpha value is -5.02. The third kappa shape index (κ3) is 5.26. The molecule has 8 rings (SSSR count). The van der Waals surface area contributed by atoms with Crippen LogP contribution < -0.4 is 24.6 Å². The number of hydrogen-bond acceptors (Lipinski definition) is 10. The van der Waals surface area contributed by atoms with Crippen molar-refractivity contribution in [3.05, 3.63) is 103 Å². The van der Waals surface area contributed by atoms with Crippen molar-refractivity contribution in [2.24, 2.45) is 29.6 Å². The molecule has 2 bridgehead atoms. The second-order valence-electron chi connectivity index (χ2n) is 12.7. The molecule has 15 heteroatoms. The number of ether oxygens (including phenoxy) is 2. The van der Waals surface area contributed by atoms with Crippen LogP contribution in [0.3, 0.4) is 0 Å². The SMILES string of the molecule is CCOc1cc([C@H]2c3sc(=O)[nH]c3SC3C2[C@H]2C[C@@H]3C3C(=O)N(c4ccc([N+](=O)[O-])cc4)C(=O)C32)ccc1OCC(=O)Nc1ccc(F)cc1. The summed E-state index contributed by atoms with van der Waals surface area (Å²) in [6, 6.07) is 16.3. The molecule has 3 fully saturated rings. The number of benzene rings is 3. The highest BCUT2D eigenvalue weighted by Gasteiger charge is 2.69. The number of thiazole rings is 1. The van der Waals surface area contributed by atoms with E-state index in [1.807, 2.05) is 19.1 Å². The van der Waals surface area contributed by atoms with Crippen molar-refractivity contribution in [3.8, 4) is 11.5 Å². The summed E-state index contributed by atoms with van der Waals surface area (Å²) in [5.41, 5.74) is 1.47. The molecule has 1 aromatic heterocycles. The zero-order valence-corrected chi connectivity index (χ0v) is 28.0. The summed E-state index contributed by atoms with van der Waals surface area (Å²) in [4.78, 5) is 68.8. The number of imide groups is 1. The van der Waals surface area contributed by atoms with Crippen molar-refractivity contribution in [2.75, 3.05) is 23.4 Å². The van der Waals surface area contributed by atoms with Crippen molar-refractivity contribution in [1.29, 1.82) is 0 Å². The molecular weight excluding hydrogens is 688 g/mol. The lowest BCUT2D eigenvalue weighted by Gasteiger charge is -2.43. The average molecular weight is 717 g/mol. The number of aromatic amines is 1. The molecule has 12 nitrogen and oxygen atoms in total. The minimum absolute atomic E-state index is 0.0424. The first-order valence-electron chi connectivity index (χ1n) is 16.1. The number of carbonyl (C=O) groups is 3. The Labute approximate surface area is 292 Å². The van der Waals surface area contributed by atoms with Crippen molar-refractivity contribution < 1.29 is 33.2 Å². The van der Waals surface area contributed by atoms with E-state index in [1.54, 1.807) is 17.8 Å². The summed E-state index contributed by atoms with van der Waals surface area (Å²) in [6.07, 6.45) is 0.696. The second kappa shape index (κ2) is 12.4. The molecule has 256 valence electrons. The van der Waals surface area contributed by atoms with Crippen LogP contribution in [-0.4, -0.2) is 46.1 Å². The van der Waals surface area contributed by atoms with Gasteiger partial charge in [-0.1, -0.05) is 17.4 Å². The van der Waals surface area contributed by atoms with Gasteiger partial charge in [-0.15, -0.1) is 11.8 Å². The number of thioether (sulfide) groups is 1. The van der Waals surface area contributed by atoms with E-state index in [1.165, 1.54) is 53.4 Å². The van der Waals surface area contributed by atoms with E-state index < -0.39 is 28.5 Å². The number of hydrogen-bond donors (Lipinski definition) is 2. The van der Waals surface area contributed by atoms with Gasteiger partial charge in [0.05, 0.1) is 34.1 Å². The van der Waals surface area contributed by atoms with E-state index in [9.17, 15) is 33.7 Å². The quantitative estimate of drug-likeness (QED) is 0.128. The van der Waals surface area contributed by atoms with Gasteiger partial charge in [0.1, 0.15) is 5.82 Å². The minimum atomic E-state index is -0.544. The first-order valence-corrected chi connectivity index (χ1v) is 17.8. The Bertz CT molecular complexity index is 2100. The van der Waals surface area contributed by atoms with Crippen molar-refractivity contribution in [3.63, 3.8) is 0 Å². The van der Waals surface area contributed by atoms with Crippen molar-refractivity contribution in [1.82, 2.24) is 4.98 Å². The number of nitrogens with one attached hydrogen (secondary N) is 2. The maximum Gasteiger partial charge on any atom is 0.305 e. The highest BCUT2D eigenvalue weighted by atomic mass is 32.2. The van der Waals surface area contributed by atoms with Crippen LogP contribution in [-0.2, 0) is 14.4 Å². The van der Waals surface area contributed by atoms with Crippen LogP contribution in [0.25, 0.3) is 0 Å². The normalized spacial score (nSPS) is 26.0. The number of rotatable bonds is 9. The lowest BCUT2D eigenvalue weighted by atomic mass is 9.68. The second-order valence-corrected chi connectivity index (χ2v) is 14.9. The summed E-state index contributed by atoms with van der Waals surface area (Å²) in [5, 5.41) is 14.6. The maximum atomic E-state index is 14.0. The van der Waals surface area contributed by atoms with Crippen LogP contribution in [0.2, 0.25) is 0 Å². The van der Waals surface area contributed by atoms with Gasteiger partial charge in [0.25, 0.3) is 11.6 Å². The highest BCUT2D eigenvalue weighted by molar-refractivity contribution is 8.00. The molecule has 0 spiro atoms. The van der Waals surface area contributed by atoms with E-state index >= 15 is 0 Å². The molecular formula is C35H29FN4O8S2. The number of nitro groups is 1. The van der Waals surface area contributed by atoms with Crippen molar-refractivity contribution >= 4 is 57.9 Å². The van der Waals surface area contributed by atoms with E-state index in [-0.39, 0.29) is 57.9 Å². The van der Waals surface area contributed by atoms with E-state index in [0.717, 1.165) is 26.8 Å². The monoisotopic (exact) mass is 716 g/mol. The molecule has 50 heavy (non-hydrogen) atoms. The number of amides is 3. The average Bonchev–Trinajstić information content (AvgIpc) is 3.84. The summed E-state index contributed by atoms with van der Waals surface area (Å²) in [6.45, 7) is 1.83. The molecule has 2 aliphatic carbocycles. The van der Waals surface area contributed by atoms with E-state index in [2.05, 4.69) is 10.3 Å². The summed E-state index contributed by atoms with van der Waals surface area (Å²) in [5.74, 6) is -2.33. The van der Waals surface area contributed by atoms with Crippen LogP contribution >= 0.6 is 23.1 Å². The smallest absolute Gasteiger partial charge is 0.305 e.